The van der Waals surface area contributed by atoms with E-state index in [2.05, 4.69) is 0 Å². The van der Waals surface area contributed by atoms with Gasteiger partial charge in [0.25, 0.3) is 0 Å². The Morgan fingerprint density at radius 2 is 2.03 bits per heavy atom. The Hall–Kier alpha value is -0.890. The number of carboxylic acid groups (broad SMARTS) is 1. The van der Waals surface area contributed by atoms with Crippen LogP contribution in [0.4, 0.5) is 0 Å². The van der Waals surface area contributed by atoms with Crippen LogP contribution in [0.3, 0.4) is 0 Å². The van der Waals surface area contributed by atoms with Gasteiger partial charge in [-0.05, 0) is 44.1 Å². The molecule has 0 bridgehead atoms. The van der Waals surface area contributed by atoms with E-state index >= 15 is 0 Å². The van der Waals surface area contributed by atoms with E-state index in [1.54, 1.807) is 12.1 Å². The number of halogens is 2. The van der Waals surface area contributed by atoms with Crippen molar-refractivity contribution < 1.29 is 25.2 Å². The molecule has 1 aliphatic rings. The van der Waals surface area contributed by atoms with Crippen molar-refractivity contribution in [3.63, 3.8) is 0 Å². The summed E-state index contributed by atoms with van der Waals surface area (Å²) in [7, 11) is 0. The minimum absolute atomic E-state index is 0.126. The normalized spacial score (nSPS) is 26.0. The van der Waals surface area contributed by atoms with Crippen LogP contribution < -0.4 is 0 Å². The Labute approximate surface area is 185 Å². The summed E-state index contributed by atoms with van der Waals surface area (Å²) in [5.41, 5.74) is 0. The van der Waals surface area contributed by atoms with Crippen LogP contribution >= 0.6 is 34.5 Å². The minimum atomic E-state index is -0.804. The molecular formula is C21H28Cl2O5S. The van der Waals surface area contributed by atoms with E-state index in [-0.39, 0.29) is 18.3 Å². The van der Waals surface area contributed by atoms with Crippen molar-refractivity contribution in [2.75, 3.05) is 0 Å². The first-order valence-corrected chi connectivity index (χ1v) is 11.4. The lowest BCUT2D eigenvalue weighted by atomic mass is 9.89. The predicted octanol–water partition coefficient (Wildman–Crippen LogP) is 4.46. The van der Waals surface area contributed by atoms with Crippen molar-refractivity contribution in [3.8, 4) is 0 Å². The van der Waals surface area contributed by atoms with Crippen molar-refractivity contribution in [2.24, 2.45) is 11.8 Å². The summed E-state index contributed by atoms with van der Waals surface area (Å²) in [6.07, 6.45) is 8.93. The molecule has 162 valence electrons. The number of allylic oxidation sites excluding steroid dienone is 2. The third-order valence-corrected chi connectivity index (χ3v) is 7.12. The number of aliphatic hydroxyl groups excluding tert-OH is 3. The summed E-state index contributed by atoms with van der Waals surface area (Å²) in [5, 5.41) is 39.9. The van der Waals surface area contributed by atoms with Gasteiger partial charge in [-0.15, -0.1) is 11.3 Å². The maximum absolute atomic E-state index is 10.5. The van der Waals surface area contributed by atoms with Gasteiger partial charge < -0.3 is 20.4 Å². The van der Waals surface area contributed by atoms with Gasteiger partial charge in [-0.25, -0.2) is 0 Å². The Bertz CT molecular complexity index is 698. The highest BCUT2D eigenvalue weighted by Crippen LogP contribution is 2.36. The summed E-state index contributed by atoms with van der Waals surface area (Å²) < 4.78 is 0.550. The van der Waals surface area contributed by atoms with E-state index in [4.69, 9.17) is 28.3 Å². The number of rotatable bonds is 11. The predicted molar refractivity (Wildman–Crippen MR) is 117 cm³/mol. The highest BCUT2D eigenvalue weighted by Gasteiger charge is 2.39. The van der Waals surface area contributed by atoms with Crippen LogP contribution in [0.15, 0.2) is 30.4 Å². The zero-order chi connectivity index (χ0) is 21.4. The second-order valence-corrected chi connectivity index (χ2v) is 9.58. The maximum atomic E-state index is 10.5. The van der Waals surface area contributed by atoms with Crippen LogP contribution in [-0.2, 0) is 11.2 Å². The number of aliphatic carboxylic acids is 1. The fraction of sp³-hybridized carbons (Fsp3) is 0.571. The Kier molecular flexibility index (Phi) is 10.2. The lowest BCUT2D eigenvalue weighted by Crippen LogP contribution is -2.20. The fourth-order valence-corrected chi connectivity index (χ4v) is 5.05. The molecule has 1 aromatic rings. The molecule has 29 heavy (non-hydrogen) atoms. The average Bonchev–Trinajstić information content (AvgIpc) is 3.11. The first-order valence-electron chi connectivity index (χ1n) is 9.81. The lowest BCUT2D eigenvalue weighted by molar-refractivity contribution is -0.137. The molecule has 1 heterocycles. The van der Waals surface area contributed by atoms with Gasteiger partial charge in [0.15, 0.2) is 0 Å². The monoisotopic (exact) mass is 462 g/mol. The molecule has 8 heteroatoms. The van der Waals surface area contributed by atoms with E-state index in [0.717, 1.165) is 4.88 Å². The average molecular weight is 463 g/mol. The molecular weight excluding hydrogens is 435 g/mol. The molecule has 1 saturated carbocycles. The highest BCUT2D eigenvalue weighted by atomic mass is 35.5. The zero-order valence-electron chi connectivity index (χ0n) is 16.1. The van der Waals surface area contributed by atoms with Crippen molar-refractivity contribution in [1.82, 2.24) is 0 Å². The first-order chi connectivity index (χ1) is 13.8. The van der Waals surface area contributed by atoms with Crippen LogP contribution in [0.1, 0.15) is 43.4 Å². The van der Waals surface area contributed by atoms with E-state index in [9.17, 15) is 20.1 Å². The zero-order valence-corrected chi connectivity index (χ0v) is 18.4. The molecule has 0 amide bonds. The first kappa shape index (κ1) is 24.4. The van der Waals surface area contributed by atoms with Crippen molar-refractivity contribution in [1.29, 1.82) is 0 Å². The highest BCUT2D eigenvalue weighted by molar-refractivity contribution is 7.16. The van der Waals surface area contributed by atoms with Crippen molar-refractivity contribution >= 4 is 40.5 Å². The van der Waals surface area contributed by atoms with Gasteiger partial charge in [-0.1, -0.05) is 47.5 Å². The number of thiophene rings is 1. The summed E-state index contributed by atoms with van der Waals surface area (Å²) in [5.74, 6) is -1.16. The molecule has 4 N–H and O–H groups in total. The number of unbranched alkanes of at least 4 members (excludes halogenated alkanes) is 1. The molecule has 0 unspecified atom stereocenters. The van der Waals surface area contributed by atoms with Gasteiger partial charge in [0.05, 0.1) is 23.3 Å². The summed E-state index contributed by atoms with van der Waals surface area (Å²) >= 11 is 13.3. The van der Waals surface area contributed by atoms with Gasteiger partial charge in [0, 0.05) is 23.6 Å². The quantitative estimate of drug-likeness (QED) is 0.287. The maximum Gasteiger partial charge on any atom is 0.303 e. The molecule has 0 spiro atoms. The number of aliphatic hydroxyl groups is 3. The Morgan fingerprint density at radius 3 is 2.69 bits per heavy atom. The molecule has 1 fully saturated rings. The molecule has 0 aliphatic heterocycles. The number of aryl methyl sites for hydroxylation is 1. The molecule has 0 aromatic carbocycles. The number of hydrogen-bond donors (Lipinski definition) is 4. The smallest absolute Gasteiger partial charge is 0.303 e. The van der Waals surface area contributed by atoms with Crippen LogP contribution in [-0.4, -0.2) is 44.7 Å². The third kappa shape index (κ3) is 8.04. The van der Waals surface area contributed by atoms with Gasteiger partial charge in [-0.3, -0.25) is 4.79 Å². The van der Waals surface area contributed by atoms with Gasteiger partial charge in [-0.2, -0.15) is 0 Å². The molecule has 5 atom stereocenters. The number of hydrogen-bond acceptors (Lipinski definition) is 5. The SMILES string of the molecule is O=C(O)CCC/C=C\C[C@@H]1[C@@H](/C=C/[C@@H](O)CCc2cc(Cl)c(Cl)s2)[C@H](O)C[C@@H]1O. The van der Waals surface area contributed by atoms with Gasteiger partial charge in [0.1, 0.15) is 4.34 Å². The minimum Gasteiger partial charge on any atom is -0.481 e. The summed E-state index contributed by atoms with van der Waals surface area (Å²) in [6.45, 7) is 0. The van der Waals surface area contributed by atoms with Crippen LogP contribution in [0, 0.1) is 11.8 Å². The third-order valence-electron chi connectivity index (χ3n) is 5.19. The second kappa shape index (κ2) is 12.1. The molecule has 2 rings (SSSR count). The van der Waals surface area contributed by atoms with E-state index in [1.165, 1.54) is 11.3 Å². The molecule has 0 radical (unpaired) electrons. The standard InChI is InChI=1S/C21H28Cl2O5S/c22-17-11-14(29-21(17)23)9-7-13(24)8-10-16-15(18(25)12-19(16)26)5-3-1-2-4-6-20(27)28/h1,3,8,10-11,13,15-16,18-19,24-26H,2,4-7,9,12H2,(H,27,28)/b3-1-,10-8+/t13-,15+,16+,18-,19+/m0/s1. The summed E-state index contributed by atoms with van der Waals surface area (Å²) in [6, 6.07) is 1.81. The molecule has 5 nitrogen and oxygen atoms in total. The lowest BCUT2D eigenvalue weighted by Gasteiger charge is -2.19. The van der Waals surface area contributed by atoms with Gasteiger partial charge in [0.2, 0.25) is 0 Å². The molecule has 1 aromatic heterocycles. The number of carbonyl (C=O) groups is 1. The van der Waals surface area contributed by atoms with Crippen molar-refractivity contribution in [2.45, 2.75) is 63.3 Å². The largest absolute Gasteiger partial charge is 0.481 e. The fourth-order valence-electron chi connectivity index (χ4n) is 3.61. The Balaban J connectivity index is 1.83. The number of carboxylic acids is 1. The van der Waals surface area contributed by atoms with Crippen LogP contribution in [0.25, 0.3) is 0 Å². The summed E-state index contributed by atoms with van der Waals surface area (Å²) in [4.78, 5) is 11.5. The van der Waals surface area contributed by atoms with Crippen molar-refractivity contribution in [3.05, 3.63) is 44.6 Å². The topological polar surface area (TPSA) is 98.0 Å². The second-order valence-electron chi connectivity index (χ2n) is 7.43. The Morgan fingerprint density at radius 1 is 1.28 bits per heavy atom. The van der Waals surface area contributed by atoms with E-state index < -0.39 is 24.3 Å². The van der Waals surface area contributed by atoms with Crippen LogP contribution in [0.2, 0.25) is 9.36 Å². The van der Waals surface area contributed by atoms with E-state index in [1.807, 2.05) is 18.2 Å². The van der Waals surface area contributed by atoms with E-state index in [0.29, 0.717) is 47.9 Å². The van der Waals surface area contributed by atoms with Gasteiger partial charge >= 0.3 is 5.97 Å². The van der Waals surface area contributed by atoms with Crippen LogP contribution in [0.5, 0.6) is 0 Å². The molecule has 0 saturated heterocycles. The molecule has 1 aliphatic carbocycles.